The summed E-state index contributed by atoms with van der Waals surface area (Å²) in [5.41, 5.74) is 1.03. The van der Waals surface area contributed by atoms with Gasteiger partial charge in [0.1, 0.15) is 11.5 Å². The van der Waals surface area contributed by atoms with Crippen LogP contribution in [0.1, 0.15) is 5.56 Å². The molecule has 0 saturated heterocycles. The zero-order chi connectivity index (χ0) is 13.1. The van der Waals surface area contributed by atoms with E-state index >= 15 is 0 Å². The number of halogens is 1. The molecule has 0 aliphatic carbocycles. The lowest BCUT2D eigenvalue weighted by Crippen LogP contribution is -1.90. The molecule has 92 valence electrons. The van der Waals surface area contributed by atoms with E-state index in [1.165, 1.54) is 12.1 Å². The van der Waals surface area contributed by atoms with E-state index in [4.69, 9.17) is 4.74 Å². The minimum absolute atomic E-state index is 0.0494. The third kappa shape index (κ3) is 2.68. The van der Waals surface area contributed by atoms with Gasteiger partial charge in [-0.05, 0) is 31.2 Å². The third-order valence-corrected chi connectivity index (χ3v) is 3.35. The summed E-state index contributed by atoms with van der Waals surface area (Å²) in [6.45, 7) is 1.94. The van der Waals surface area contributed by atoms with Crippen molar-refractivity contribution in [3.05, 3.63) is 62.6 Å². The van der Waals surface area contributed by atoms with Crippen molar-refractivity contribution in [3.8, 4) is 11.5 Å². The smallest absolute Gasteiger partial charge is 0.269 e. The molecule has 0 radical (unpaired) electrons. The summed E-state index contributed by atoms with van der Waals surface area (Å²) in [6, 6.07) is 11.7. The lowest BCUT2D eigenvalue weighted by Gasteiger charge is -2.09. The second kappa shape index (κ2) is 5.18. The molecule has 0 saturated carbocycles. The highest BCUT2D eigenvalue weighted by molar-refractivity contribution is 9.10. The van der Waals surface area contributed by atoms with Crippen molar-refractivity contribution < 1.29 is 9.66 Å². The molecule has 0 unspecified atom stereocenters. The lowest BCUT2D eigenvalue weighted by atomic mass is 10.2. The Morgan fingerprint density at radius 1 is 1.17 bits per heavy atom. The fourth-order valence-corrected chi connectivity index (χ4v) is 1.81. The molecular formula is C13H10BrNO3. The number of benzene rings is 2. The molecule has 18 heavy (non-hydrogen) atoms. The Bertz CT molecular complexity index is 581. The Balaban J connectivity index is 2.24. The number of nitro benzene ring substituents is 1. The quantitative estimate of drug-likeness (QED) is 0.621. The van der Waals surface area contributed by atoms with Gasteiger partial charge >= 0.3 is 0 Å². The maximum absolute atomic E-state index is 10.5. The van der Waals surface area contributed by atoms with Crippen LogP contribution in [0.5, 0.6) is 11.5 Å². The Labute approximate surface area is 112 Å². The number of nitrogens with zero attached hydrogens (tertiary/aromatic N) is 1. The predicted octanol–water partition coefficient (Wildman–Crippen LogP) is 4.46. The highest BCUT2D eigenvalue weighted by Crippen LogP contribution is 2.30. The standard InChI is InChI=1S/C13H10BrNO3/c1-9-12(14)3-2-4-13(9)18-11-7-5-10(6-8-11)15(16)17/h2-8H,1H3. The number of rotatable bonds is 3. The number of ether oxygens (including phenoxy) is 1. The Hall–Kier alpha value is -1.88. The first kappa shape index (κ1) is 12.6. The topological polar surface area (TPSA) is 52.4 Å². The molecule has 0 aliphatic heterocycles. The SMILES string of the molecule is Cc1c(Br)cccc1Oc1ccc([N+](=O)[O-])cc1. The second-order valence-corrected chi connectivity index (χ2v) is 4.57. The highest BCUT2D eigenvalue weighted by Gasteiger charge is 2.07. The molecule has 0 atom stereocenters. The van der Waals surface area contributed by atoms with Gasteiger partial charge in [0.2, 0.25) is 0 Å². The first-order valence-corrected chi connectivity index (χ1v) is 6.04. The van der Waals surface area contributed by atoms with Gasteiger partial charge in [-0.15, -0.1) is 0 Å². The van der Waals surface area contributed by atoms with Crippen LogP contribution in [0.2, 0.25) is 0 Å². The molecule has 0 aromatic heterocycles. The Morgan fingerprint density at radius 2 is 1.83 bits per heavy atom. The zero-order valence-electron chi connectivity index (χ0n) is 9.59. The van der Waals surface area contributed by atoms with Crippen LogP contribution in [0.15, 0.2) is 46.9 Å². The molecule has 2 aromatic carbocycles. The fraction of sp³-hybridized carbons (Fsp3) is 0.0769. The maximum Gasteiger partial charge on any atom is 0.269 e. The monoisotopic (exact) mass is 307 g/mol. The number of nitro groups is 1. The Morgan fingerprint density at radius 3 is 2.44 bits per heavy atom. The molecule has 2 rings (SSSR count). The van der Waals surface area contributed by atoms with Gasteiger partial charge in [-0.2, -0.15) is 0 Å². The van der Waals surface area contributed by atoms with Crippen LogP contribution in [0.3, 0.4) is 0 Å². The van der Waals surface area contributed by atoms with Crippen molar-refractivity contribution in [2.45, 2.75) is 6.92 Å². The number of hydrogen-bond donors (Lipinski definition) is 0. The van der Waals surface area contributed by atoms with Crippen LogP contribution in [0, 0.1) is 17.0 Å². The average molecular weight is 308 g/mol. The normalized spacial score (nSPS) is 10.1. The van der Waals surface area contributed by atoms with Gasteiger partial charge in [0, 0.05) is 22.2 Å². The molecule has 4 nitrogen and oxygen atoms in total. The van der Waals surface area contributed by atoms with Crippen LogP contribution in [0.4, 0.5) is 5.69 Å². The van der Waals surface area contributed by atoms with Crippen LogP contribution in [-0.2, 0) is 0 Å². The van der Waals surface area contributed by atoms with E-state index < -0.39 is 4.92 Å². The molecule has 0 fully saturated rings. The van der Waals surface area contributed by atoms with E-state index in [1.54, 1.807) is 12.1 Å². The number of non-ortho nitro benzene ring substituents is 1. The molecule has 0 N–H and O–H groups in total. The Kier molecular flexibility index (Phi) is 3.62. The largest absolute Gasteiger partial charge is 0.457 e. The summed E-state index contributed by atoms with van der Waals surface area (Å²) in [6.07, 6.45) is 0. The lowest BCUT2D eigenvalue weighted by molar-refractivity contribution is -0.384. The van der Waals surface area contributed by atoms with E-state index in [0.717, 1.165) is 15.8 Å². The van der Waals surface area contributed by atoms with Gasteiger partial charge < -0.3 is 4.74 Å². The van der Waals surface area contributed by atoms with E-state index in [9.17, 15) is 10.1 Å². The summed E-state index contributed by atoms with van der Waals surface area (Å²) in [5.74, 6) is 1.29. The summed E-state index contributed by atoms with van der Waals surface area (Å²) >= 11 is 3.42. The number of hydrogen-bond acceptors (Lipinski definition) is 3. The first-order chi connectivity index (χ1) is 8.58. The molecule has 0 amide bonds. The van der Waals surface area contributed by atoms with Crippen LogP contribution in [-0.4, -0.2) is 4.92 Å². The first-order valence-electron chi connectivity index (χ1n) is 5.25. The fourth-order valence-electron chi connectivity index (χ4n) is 1.46. The van der Waals surface area contributed by atoms with Crippen molar-refractivity contribution in [1.82, 2.24) is 0 Å². The molecular weight excluding hydrogens is 298 g/mol. The third-order valence-electron chi connectivity index (χ3n) is 2.49. The molecule has 2 aromatic rings. The van der Waals surface area contributed by atoms with Crippen LogP contribution in [0.25, 0.3) is 0 Å². The molecule has 0 heterocycles. The molecule has 0 bridgehead atoms. The van der Waals surface area contributed by atoms with Crippen molar-refractivity contribution in [2.24, 2.45) is 0 Å². The van der Waals surface area contributed by atoms with Gasteiger partial charge in [-0.3, -0.25) is 10.1 Å². The summed E-state index contributed by atoms with van der Waals surface area (Å²) in [5, 5.41) is 10.5. The molecule has 0 spiro atoms. The average Bonchev–Trinajstić information content (AvgIpc) is 2.36. The van der Waals surface area contributed by atoms with E-state index in [-0.39, 0.29) is 5.69 Å². The van der Waals surface area contributed by atoms with Crippen molar-refractivity contribution in [2.75, 3.05) is 0 Å². The van der Waals surface area contributed by atoms with Gasteiger partial charge in [0.15, 0.2) is 0 Å². The van der Waals surface area contributed by atoms with E-state index in [0.29, 0.717) is 5.75 Å². The molecule has 0 aliphatic rings. The maximum atomic E-state index is 10.5. The van der Waals surface area contributed by atoms with Crippen molar-refractivity contribution in [3.63, 3.8) is 0 Å². The van der Waals surface area contributed by atoms with Crippen molar-refractivity contribution >= 4 is 21.6 Å². The summed E-state index contributed by atoms with van der Waals surface area (Å²) in [4.78, 5) is 10.1. The van der Waals surface area contributed by atoms with Gasteiger partial charge in [0.25, 0.3) is 5.69 Å². The zero-order valence-corrected chi connectivity index (χ0v) is 11.2. The second-order valence-electron chi connectivity index (χ2n) is 3.72. The summed E-state index contributed by atoms with van der Waals surface area (Å²) in [7, 11) is 0. The summed E-state index contributed by atoms with van der Waals surface area (Å²) < 4.78 is 6.63. The van der Waals surface area contributed by atoms with Crippen LogP contribution < -0.4 is 4.74 Å². The van der Waals surface area contributed by atoms with E-state index in [2.05, 4.69) is 15.9 Å². The van der Waals surface area contributed by atoms with Crippen LogP contribution >= 0.6 is 15.9 Å². The van der Waals surface area contributed by atoms with Gasteiger partial charge in [-0.25, -0.2) is 0 Å². The predicted molar refractivity (Wildman–Crippen MR) is 72.0 cm³/mol. The minimum atomic E-state index is -0.436. The van der Waals surface area contributed by atoms with Crippen molar-refractivity contribution in [1.29, 1.82) is 0 Å². The molecule has 5 heteroatoms. The van der Waals surface area contributed by atoms with Gasteiger partial charge in [0.05, 0.1) is 4.92 Å². The van der Waals surface area contributed by atoms with Gasteiger partial charge in [-0.1, -0.05) is 22.0 Å². The highest BCUT2D eigenvalue weighted by atomic mass is 79.9. The minimum Gasteiger partial charge on any atom is -0.457 e. The van der Waals surface area contributed by atoms with E-state index in [1.807, 2.05) is 25.1 Å².